The third-order valence-corrected chi connectivity index (χ3v) is 9.09. The fourth-order valence-corrected chi connectivity index (χ4v) is 6.02. The highest BCUT2D eigenvalue weighted by atomic mass is 79.9. The Morgan fingerprint density at radius 2 is 1.00 bits per heavy atom. The predicted molar refractivity (Wildman–Crippen MR) is 230 cm³/mol. The zero-order valence-corrected chi connectivity index (χ0v) is 33.8. The first-order valence-electron chi connectivity index (χ1n) is 18.6. The van der Waals surface area contributed by atoms with E-state index in [1.165, 1.54) is 34.1 Å². The van der Waals surface area contributed by atoms with Gasteiger partial charge in [-0.1, -0.05) is 109 Å². The normalized spacial score (nSPS) is 10.0. The lowest BCUT2D eigenvalue weighted by atomic mass is 10.1. The zero-order valence-electron chi connectivity index (χ0n) is 32.2. The summed E-state index contributed by atoms with van der Waals surface area (Å²) in [4.78, 5) is 56.6. The molecule has 0 fully saturated rings. The lowest BCUT2D eigenvalue weighted by Gasteiger charge is -2.09. The number of hydrogen-bond acceptors (Lipinski definition) is 6. The van der Waals surface area contributed by atoms with E-state index in [2.05, 4.69) is 67.9 Å². The van der Waals surface area contributed by atoms with E-state index >= 15 is 0 Å². The second-order valence-electron chi connectivity index (χ2n) is 13.1. The Morgan fingerprint density at radius 3 is 1.46 bits per heavy atom. The summed E-state index contributed by atoms with van der Waals surface area (Å²) in [6.07, 6.45) is 12.9. The van der Waals surface area contributed by atoms with E-state index < -0.39 is 0 Å². The van der Waals surface area contributed by atoms with Gasteiger partial charge in [0.25, 0.3) is 11.1 Å². The number of aromatic nitrogens is 4. The lowest BCUT2D eigenvalue weighted by Crippen LogP contribution is -2.29. The third-order valence-electron chi connectivity index (χ3n) is 8.46. The SMILES string of the molecule is C#Cc1ccccc1.CC(=O)Cn1c(Br)cnc(CCCc2ccccc2)c1=O.CC(=O)Cn1c(C#Cc2ccccc2)cnc(CCCc2ccccc2)c1=O. The van der Waals surface area contributed by atoms with Gasteiger partial charge in [-0.25, -0.2) is 0 Å². The van der Waals surface area contributed by atoms with Gasteiger partial charge in [0.15, 0.2) is 0 Å². The molecule has 0 aliphatic rings. The number of carbonyl (C=O) groups is 2. The van der Waals surface area contributed by atoms with E-state index in [9.17, 15) is 19.2 Å². The fourth-order valence-electron chi connectivity index (χ4n) is 5.63. The minimum Gasteiger partial charge on any atom is -0.298 e. The first-order chi connectivity index (χ1) is 27.6. The van der Waals surface area contributed by atoms with Gasteiger partial charge < -0.3 is 0 Å². The molecule has 0 saturated heterocycles. The van der Waals surface area contributed by atoms with Crippen LogP contribution < -0.4 is 11.1 Å². The molecular formula is C48H45BrN4O4. The number of nitrogens with zero attached hydrogens (tertiary/aromatic N) is 4. The molecule has 0 saturated carbocycles. The minimum atomic E-state index is -0.233. The molecule has 57 heavy (non-hydrogen) atoms. The molecular weight excluding hydrogens is 776 g/mol. The van der Waals surface area contributed by atoms with E-state index in [1.807, 2.05) is 97.1 Å². The molecule has 288 valence electrons. The van der Waals surface area contributed by atoms with Crippen LogP contribution in [0.5, 0.6) is 0 Å². The van der Waals surface area contributed by atoms with E-state index in [0.717, 1.165) is 36.8 Å². The number of ketones is 2. The molecule has 0 unspecified atom stereocenters. The Bertz CT molecular complexity index is 2430. The van der Waals surface area contributed by atoms with Gasteiger partial charge in [-0.3, -0.25) is 38.3 Å². The van der Waals surface area contributed by atoms with Crippen LogP contribution in [-0.2, 0) is 48.4 Å². The summed E-state index contributed by atoms with van der Waals surface area (Å²) < 4.78 is 3.39. The van der Waals surface area contributed by atoms with Crippen LogP contribution in [0.15, 0.2) is 148 Å². The van der Waals surface area contributed by atoms with Gasteiger partial charge in [0.05, 0.1) is 25.5 Å². The van der Waals surface area contributed by atoms with Gasteiger partial charge in [0, 0.05) is 11.1 Å². The quantitative estimate of drug-likeness (QED) is 0.117. The molecule has 0 N–H and O–H groups in total. The molecule has 6 aromatic rings. The maximum absolute atomic E-state index is 12.9. The number of carbonyl (C=O) groups excluding carboxylic acids is 2. The molecule has 9 heteroatoms. The Balaban J connectivity index is 0.000000217. The van der Waals surface area contributed by atoms with Crippen molar-refractivity contribution in [2.75, 3.05) is 0 Å². The molecule has 6 rings (SSSR count). The predicted octanol–water partition coefficient (Wildman–Crippen LogP) is 7.85. The number of rotatable bonds is 12. The van der Waals surface area contributed by atoms with Gasteiger partial charge in [-0.15, -0.1) is 6.42 Å². The molecule has 2 heterocycles. The van der Waals surface area contributed by atoms with Crippen molar-refractivity contribution in [3.05, 3.63) is 198 Å². The molecule has 0 amide bonds. The second kappa shape index (κ2) is 23.5. The number of benzene rings is 4. The van der Waals surface area contributed by atoms with Crippen LogP contribution in [-0.4, -0.2) is 30.7 Å². The monoisotopic (exact) mass is 820 g/mol. The van der Waals surface area contributed by atoms with Crippen LogP contribution >= 0.6 is 15.9 Å². The van der Waals surface area contributed by atoms with Gasteiger partial charge in [0.2, 0.25) is 0 Å². The van der Waals surface area contributed by atoms with Crippen LogP contribution in [0, 0.1) is 24.2 Å². The van der Waals surface area contributed by atoms with Crippen molar-refractivity contribution in [1.82, 2.24) is 19.1 Å². The number of aryl methyl sites for hydroxylation is 4. The molecule has 0 aliphatic heterocycles. The van der Waals surface area contributed by atoms with E-state index in [0.29, 0.717) is 34.5 Å². The number of halogens is 1. The zero-order chi connectivity index (χ0) is 40.8. The first kappa shape index (κ1) is 43.3. The van der Waals surface area contributed by atoms with Crippen LogP contribution in [0.2, 0.25) is 0 Å². The minimum absolute atomic E-state index is 0.00580. The van der Waals surface area contributed by atoms with Gasteiger partial charge >= 0.3 is 0 Å². The summed E-state index contributed by atoms with van der Waals surface area (Å²) in [7, 11) is 0. The van der Waals surface area contributed by atoms with E-state index in [4.69, 9.17) is 6.42 Å². The number of hydrogen-bond donors (Lipinski definition) is 0. The van der Waals surface area contributed by atoms with Crippen LogP contribution in [0.3, 0.4) is 0 Å². The summed E-state index contributed by atoms with van der Waals surface area (Å²) in [6.45, 7) is 3.02. The Kier molecular flexibility index (Phi) is 17.8. The number of Topliss-reactive ketones (excluding diaryl/α,β-unsaturated/α-hetero) is 2. The topological polar surface area (TPSA) is 104 Å². The van der Waals surface area contributed by atoms with Gasteiger partial charge in [-0.05, 0) is 110 Å². The van der Waals surface area contributed by atoms with E-state index in [1.54, 1.807) is 12.4 Å². The lowest BCUT2D eigenvalue weighted by molar-refractivity contribution is -0.118. The van der Waals surface area contributed by atoms with Crippen LogP contribution in [0.1, 0.15) is 66.0 Å². The Labute approximate surface area is 342 Å². The summed E-state index contributed by atoms with van der Waals surface area (Å²) >= 11 is 3.26. The highest BCUT2D eigenvalue weighted by molar-refractivity contribution is 9.10. The molecule has 0 atom stereocenters. The second-order valence-corrected chi connectivity index (χ2v) is 13.9. The van der Waals surface area contributed by atoms with Gasteiger partial charge in [-0.2, -0.15) is 0 Å². The van der Waals surface area contributed by atoms with E-state index in [-0.39, 0.29) is 35.8 Å². The maximum Gasteiger partial charge on any atom is 0.273 e. The standard InChI is InChI=1S/C24H22N2O2.C16H17BrN2O2.C8H6/c1-19(27)18-26-22(16-15-21-11-6-3-7-12-21)17-25-23(24(26)28)14-8-13-20-9-4-2-5-10-20;1-12(20)11-19-15(17)10-18-14(16(19)21)9-5-8-13-6-3-2-4-7-13;1-2-8-6-4-3-5-7-8/h2-7,9-12,17H,8,13-14,18H2,1H3;2-4,6-7,10H,5,8-9,11H2,1H3;1,3-7H. The molecule has 0 radical (unpaired) electrons. The highest BCUT2D eigenvalue weighted by Crippen LogP contribution is 2.09. The Morgan fingerprint density at radius 1 is 0.579 bits per heavy atom. The molecule has 0 bridgehead atoms. The first-order valence-corrected chi connectivity index (χ1v) is 19.4. The molecule has 0 aliphatic carbocycles. The summed E-state index contributed by atoms with van der Waals surface area (Å²) in [5.41, 5.74) is 5.28. The molecule has 0 spiro atoms. The van der Waals surface area contributed by atoms with Crippen molar-refractivity contribution in [3.63, 3.8) is 0 Å². The summed E-state index contributed by atoms with van der Waals surface area (Å²) in [5.74, 6) is 8.39. The fraction of sp³-hybridized carbons (Fsp3) is 0.208. The van der Waals surface area contributed by atoms with Crippen molar-refractivity contribution in [2.24, 2.45) is 0 Å². The maximum atomic E-state index is 12.9. The number of terminal acetylenes is 1. The van der Waals surface area contributed by atoms with Crippen LogP contribution in [0.4, 0.5) is 0 Å². The summed E-state index contributed by atoms with van der Waals surface area (Å²) in [6, 6.07) is 39.4. The van der Waals surface area contributed by atoms with Crippen LogP contribution in [0.25, 0.3) is 0 Å². The van der Waals surface area contributed by atoms with Gasteiger partial charge in [0.1, 0.15) is 33.3 Å². The molecule has 8 nitrogen and oxygen atoms in total. The van der Waals surface area contributed by atoms with Crippen molar-refractivity contribution >= 4 is 27.5 Å². The smallest absolute Gasteiger partial charge is 0.273 e. The van der Waals surface area contributed by atoms with Crippen molar-refractivity contribution in [3.8, 4) is 24.2 Å². The average Bonchev–Trinajstić information content (AvgIpc) is 3.23. The third kappa shape index (κ3) is 15.0. The Hall–Kier alpha value is -6.42. The van der Waals surface area contributed by atoms with Crippen molar-refractivity contribution in [2.45, 2.75) is 65.5 Å². The highest BCUT2D eigenvalue weighted by Gasteiger charge is 2.12. The average molecular weight is 822 g/mol. The molecule has 4 aromatic carbocycles. The van der Waals surface area contributed by atoms with Crippen molar-refractivity contribution in [1.29, 1.82) is 0 Å². The largest absolute Gasteiger partial charge is 0.298 e. The summed E-state index contributed by atoms with van der Waals surface area (Å²) in [5, 5.41) is 0. The molecule has 2 aromatic heterocycles. The van der Waals surface area contributed by atoms with Crippen molar-refractivity contribution < 1.29 is 9.59 Å².